The molecule has 0 spiro atoms. The van der Waals surface area contributed by atoms with Gasteiger partial charge in [0, 0.05) is 18.5 Å². The molecule has 0 aromatic heterocycles. The highest BCUT2D eigenvalue weighted by molar-refractivity contribution is 5.89. The minimum Gasteiger partial charge on any atom is -0.373 e. The molecule has 4 heteroatoms. The van der Waals surface area contributed by atoms with Crippen molar-refractivity contribution in [1.82, 2.24) is 5.32 Å². The molecule has 14 heavy (non-hydrogen) atoms. The van der Waals surface area contributed by atoms with Crippen LogP contribution in [0.15, 0.2) is 0 Å². The van der Waals surface area contributed by atoms with Crippen LogP contribution in [-0.4, -0.2) is 37.6 Å². The average Bonchev–Trinajstić information content (AvgIpc) is 2.15. The maximum absolute atomic E-state index is 11.8. The number of ether oxygens (including phenoxy) is 1. The van der Waals surface area contributed by atoms with Crippen LogP contribution < -0.4 is 11.1 Å². The van der Waals surface area contributed by atoms with E-state index >= 15 is 0 Å². The van der Waals surface area contributed by atoms with E-state index in [1.165, 1.54) is 0 Å². The van der Waals surface area contributed by atoms with Crippen LogP contribution in [0, 0.1) is 5.41 Å². The van der Waals surface area contributed by atoms with Crippen molar-refractivity contribution in [1.29, 1.82) is 0 Å². The van der Waals surface area contributed by atoms with Crippen molar-refractivity contribution >= 4 is 5.78 Å². The zero-order valence-electron chi connectivity index (χ0n) is 9.17. The number of nitrogens with one attached hydrogen (secondary N) is 1. The Morgan fingerprint density at radius 3 is 2.64 bits per heavy atom. The highest BCUT2D eigenvalue weighted by Crippen LogP contribution is 2.18. The first-order chi connectivity index (χ1) is 6.43. The van der Waals surface area contributed by atoms with Crippen molar-refractivity contribution in [2.24, 2.45) is 11.1 Å². The van der Waals surface area contributed by atoms with Gasteiger partial charge in [-0.3, -0.25) is 4.79 Å². The van der Waals surface area contributed by atoms with Crippen LogP contribution in [-0.2, 0) is 9.53 Å². The molecule has 1 rings (SSSR count). The lowest BCUT2D eigenvalue weighted by molar-refractivity contribution is -0.131. The molecular formula is C10H20N2O2. The summed E-state index contributed by atoms with van der Waals surface area (Å²) in [6.45, 7) is 7.79. The highest BCUT2D eigenvalue weighted by atomic mass is 16.5. The molecule has 1 saturated heterocycles. The lowest BCUT2D eigenvalue weighted by atomic mass is 9.84. The summed E-state index contributed by atoms with van der Waals surface area (Å²) in [7, 11) is 0. The standard InChI is InChI=1S/C10H20N2O2/c1-10(2,3)9(13)8(11)7-6-12-4-5-14-7/h7-8,12H,4-6,11H2,1-3H3. The number of hydrogen-bond acceptors (Lipinski definition) is 4. The van der Waals surface area contributed by atoms with E-state index in [1.54, 1.807) is 0 Å². The number of nitrogens with two attached hydrogens (primary N) is 1. The first kappa shape index (κ1) is 11.6. The van der Waals surface area contributed by atoms with Gasteiger partial charge in [0.25, 0.3) is 0 Å². The van der Waals surface area contributed by atoms with Crippen LogP contribution in [0.5, 0.6) is 0 Å². The largest absolute Gasteiger partial charge is 0.373 e. The summed E-state index contributed by atoms with van der Waals surface area (Å²) in [6, 6.07) is -0.511. The van der Waals surface area contributed by atoms with E-state index in [1.807, 2.05) is 20.8 Å². The maximum atomic E-state index is 11.8. The zero-order valence-corrected chi connectivity index (χ0v) is 9.17. The molecular weight excluding hydrogens is 180 g/mol. The summed E-state index contributed by atoms with van der Waals surface area (Å²) in [6.07, 6.45) is -0.171. The molecule has 0 aromatic rings. The summed E-state index contributed by atoms with van der Waals surface area (Å²) in [5, 5.41) is 3.16. The summed E-state index contributed by atoms with van der Waals surface area (Å²) in [4.78, 5) is 11.8. The monoisotopic (exact) mass is 200 g/mol. The molecule has 0 aliphatic carbocycles. The van der Waals surface area contributed by atoms with E-state index in [4.69, 9.17) is 10.5 Å². The maximum Gasteiger partial charge on any atom is 0.157 e. The smallest absolute Gasteiger partial charge is 0.157 e. The van der Waals surface area contributed by atoms with Gasteiger partial charge < -0.3 is 15.8 Å². The van der Waals surface area contributed by atoms with Crippen molar-refractivity contribution < 1.29 is 9.53 Å². The average molecular weight is 200 g/mol. The first-order valence-electron chi connectivity index (χ1n) is 5.05. The van der Waals surface area contributed by atoms with Gasteiger partial charge in [0.05, 0.1) is 18.8 Å². The Hall–Kier alpha value is -0.450. The number of morpholine rings is 1. The molecule has 1 fully saturated rings. The molecule has 2 atom stereocenters. The van der Waals surface area contributed by atoms with Crippen molar-refractivity contribution in [2.75, 3.05) is 19.7 Å². The highest BCUT2D eigenvalue weighted by Gasteiger charge is 2.33. The molecule has 0 saturated carbocycles. The fourth-order valence-electron chi connectivity index (χ4n) is 1.49. The Morgan fingerprint density at radius 2 is 2.21 bits per heavy atom. The van der Waals surface area contributed by atoms with Crippen LogP contribution in [0.1, 0.15) is 20.8 Å². The number of carbonyl (C=O) groups is 1. The summed E-state index contributed by atoms with van der Waals surface area (Å²) >= 11 is 0. The third-order valence-electron chi connectivity index (χ3n) is 2.40. The van der Waals surface area contributed by atoms with Crippen LogP contribution in [0.25, 0.3) is 0 Å². The van der Waals surface area contributed by atoms with Gasteiger partial charge >= 0.3 is 0 Å². The van der Waals surface area contributed by atoms with Gasteiger partial charge in [-0.05, 0) is 0 Å². The van der Waals surface area contributed by atoms with E-state index in [0.29, 0.717) is 13.2 Å². The van der Waals surface area contributed by atoms with Crippen LogP contribution in [0.4, 0.5) is 0 Å². The SMILES string of the molecule is CC(C)(C)C(=O)C(N)C1CNCCO1. The van der Waals surface area contributed by atoms with Gasteiger partial charge in [-0.1, -0.05) is 20.8 Å². The predicted octanol–water partition coefficient (Wildman–Crippen LogP) is -0.0827. The van der Waals surface area contributed by atoms with E-state index < -0.39 is 6.04 Å². The fourth-order valence-corrected chi connectivity index (χ4v) is 1.49. The van der Waals surface area contributed by atoms with Gasteiger partial charge in [0.15, 0.2) is 5.78 Å². The Morgan fingerprint density at radius 1 is 1.57 bits per heavy atom. The Balaban J connectivity index is 2.55. The predicted molar refractivity (Wildman–Crippen MR) is 55.0 cm³/mol. The van der Waals surface area contributed by atoms with Gasteiger partial charge in [-0.25, -0.2) is 0 Å². The van der Waals surface area contributed by atoms with E-state index in [9.17, 15) is 4.79 Å². The number of rotatable bonds is 2. The van der Waals surface area contributed by atoms with Gasteiger partial charge in [0.2, 0.25) is 0 Å². The zero-order chi connectivity index (χ0) is 10.8. The molecule has 1 aliphatic heterocycles. The van der Waals surface area contributed by atoms with Gasteiger partial charge in [-0.15, -0.1) is 0 Å². The van der Waals surface area contributed by atoms with E-state index in [-0.39, 0.29) is 17.3 Å². The van der Waals surface area contributed by atoms with Crippen LogP contribution in [0.2, 0.25) is 0 Å². The molecule has 1 heterocycles. The van der Waals surface area contributed by atoms with Crippen molar-refractivity contribution in [3.8, 4) is 0 Å². The summed E-state index contributed by atoms with van der Waals surface area (Å²) < 4.78 is 5.45. The fraction of sp³-hybridized carbons (Fsp3) is 0.900. The summed E-state index contributed by atoms with van der Waals surface area (Å²) in [5.74, 6) is 0.0613. The molecule has 0 aromatic carbocycles. The van der Waals surface area contributed by atoms with Crippen molar-refractivity contribution in [2.45, 2.75) is 32.9 Å². The number of Topliss-reactive ketones (excluding diaryl/α,β-unsaturated/α-hetero) is 1. The molecule has 0 bridgehead atoms. The van der Waals surface area contributed by atoms with Crippen molar-refractivity contribution in [3.05, 3.63) is 0 Å². The lowest BCUT2D eigenvalue weighted by Crippen LogP contribution is -2.54. The van der Waals surface area contributed by atoms with E-state index in [0.717, 1.165) is 6.54 Å². The minimum absolute atomic E-state index is 0.0613. The topological polar surface area (TPSA) is 64.4 Å². The van der Waals surface area contributed by atoms with E-state index in [2.05, 4.69) is 5.32 Å². The molecule has 1 aliphatic rings. The Bertz CT molecular complexity index is 205. The van der Waals surface area contributed by atoms with Gasteiger partial charge in [0.1, 0.15) is 0 Å². The molecule has 3 N–H and O–H groups in total. The third kappa shape index (κ3) is 2.77. The normalized spacial score (nSPS) is 25.9. The lowest BCUT2D eigenvalue weighted by Gasteiger charge is -2.31. The second kappa shape index (κ2) is 4.38. The number of ketones is 1. The first-order valence-corrected chi connectivity index (χ1v) is 5.05. The van der Waals surface area contributed by atoms with Gasteiger partial charge in [-0.2, -0.15) is 0 Å². The Kier molecular flexibility index (Phi) is 3.64. The molecule has 0 radical (unpaired) electrons. The van der Waals surface area contributed by atoms with Crippen LogP contribution >= 0.6 is 0 Å². The van der Waals surface area contributed by atoms with Crippen LogP contribution in [0.3, 0.4) is 0 Å². The molecule has 2 unspecified atom stereocenters. The minimum atomic E-state index is -0.511. The molecule has 4 nitrogen and oxygen atoms in total. The summed E-state index contributed by atoms with van der Waals surface area (Å²) in [5.41, 5.74) is 5.47. The third-order valence-corrected chi connectivity index (χ3v) is 2.40. The number of hydrogen-bond donors (Lipinski definition) is 2. The van der Waals surface area contributed by atoms with Crippen molar-refractivity contribution in [3.63, 3.8) is 0 Å². The Labute approximate surface area is 85.2 Å². The quantitative estimate of drug-likeness (QED) is 0.654. The molecule has 0 amide bonds. The molecule has 82 valence electrons. The number of carbonyl (C=O) groups excluding carboxylic acids is 1. The second-order valence-corrected chi connectivity index (χ2v) is 4.75. The second-order valence-electron chi connectivity index (χ2n) is 4.75.